The molecule has 0 aliphatic carbocycles. The Bertz CT molecular complexity index is 448. The summed E-state index contributed by atoms with van der Waals surface area (Å²) in [6, 6.07) is 1.87. The highest BCUT2D eigenvalue weighted by Gasteiger charge is 2.24. The van der Waals surface area contributed by atoms with Crippen molar-refractivity contribution in [3.8, 4) is 0 Å². The van der Waals surface area contributed by atoms with Crippen LogP contribution in [0.5, 0.6) is 0 Å². The van der Waals surface area contributed by atoms with Crippen molar-refractivity contribution in [2.45, 2.75) is 39.0 Å². The first-order chi connectivity index (χ1) is 9.65. The maximum Gasteiger partial charge on any atom is 0.172 e. The molecular weight excluding hydrogens is 256 g/mol. The van der Waals surface area contributed by atoms with Gasteiger partial charge in [0.1, 0.15) is 18.3 Å². The fraction of sp³-hybridized carbons (Fsp3) is 0.667. The van der Waals surface area contributed by atoms with E-state index in [2.05, 4.69) is 10.1 Å². The van der Waals surface area contributed by atoms with Crippen LogP contribution in [0.25, 0.3) is 0 Å². The van der Waals surface area contributed by atoms with Crippen LogP contribution >= 0.6 is 0 Å². The molecule has 5 nitrogen and oxygen atoms in total. The minimum Gasteiger partial charge on any atom is -0.358 e. The summed E-state index contributed by atoms with van der Waals surface area (Å²) in [7, 11) is 0. The monoisotopic (exact) mass is 278 g/mol. The van der Waals surface area contributed by atoms with E-state index in [0.29, 0.717) is 18.1 Å². The van der Waals surface area contributed by atoms with Crippen LogP contribution in [0.15, 0.2) is 10.6 Å². The lowest BCUT2D eigenvalue weighted by molar-refractivity contribution is -0.110. The quantitative estimate of drug-likeness (QED) is 0.748. The minimum atomic E-state index is -0.233. The molecule has 0 aromatic carbocycles. The molecule has 110 valence electrons. The van der Waals surface area contributed by atoms with E-state index in [4.69, 9.17) is 4.52 Å². The molecule has 1 aliphatic heterocycles. The number of aldehydes is 2. The second-order valence-electron chi connectivity index (χ2n) is 5.83. The molecule has 1 unspecified atom stereocenters. The molecular formula is C15H22N2O3. The Balaban J connectivity index is 1.99. The smallest absolute Gasteiger partial charge is 0.172 e. The minimum absolute atomic E-state index is 0.201. The highest BCUT2D eigenvalue weighted by atomic mass is 16.5. The van der Waals surface area contributed by atoms with E-state index in [0.717, 1.165) is 44.3 Å². The van der Waals surface area contributed by atoms with Crippen molar-refractivity contribution in [3.05, 3.63) is 11.8 Å². The number of aromatic nitrogens is 1. The summed E-state index contributed by atoms with van der Waals surface area (Å²) < 4.78 is 5.33. The fourth-order valence-corrected chi connectivity index (χ4v) is 2.67. The van der Waals surface area contributed by atoms with Crippen molar-refractivity contribution in [2.24, 2.45) is 11.8 Å². The van der Waals surface area contributed by atoms with Crippen LogP contribution in [0.3, 0.4) is 0 Å². The molecule has 0 radical (unpaired) electrons. The molecule has 1 atom stereocenters. The van der Waals surface area contributed by atoms with E-state index in [1.54, 1.807) is 0 Å². The molecule has 2 rings (SSSR count). The van der Waals surface area contributed by atoms with E-state index in [9.17, 15) is 9.59 Å². The average Bonchev–Trinajstić information content (AvgIpc) is 2.90. The molecule has 1 aromatic rings. The first-order valence-corrected chi connectivity index (χ1v) is 7.26. The largest absolute Gasteiger partial charge is 0.358 e. The average molecular weight is 278 g/mol. The molecule has 5 heteroatoms. The van der Waals surface area contributed by atoms with Gasteiger partial charge >= 0.3 is 0 Å². The summed E-state index contributed by atoms with van der Waals surface area (Å²) in [6.45, 7) is 5.76. The Hall–Kier alpha value is -1.65. The van der Waals surface area contributed by atoms with Gasteiger partial charge in [-0.15, -0.1) is 0 Å². The van der Waals surface area contributed by atoms with E-state index in [1.807, 2.05) is 19.9 Å². The number of carbonyl (C=O) groups excluding carboxylic acids is 2. The van der Waals surface area contributed by atoms with Gasteiger partial charge in [-0.05, 0) is 24.7 Å². The Labute approximate surface area is 119 Å². The van der Waals surface area contributed by atoms with E-state index >= 15 is 0 Å². The van der Waals surface area contributed by atoms with Gasteiger partial charge in [0, 0.05) is 25.6 Å². The van der Waals surface area contributed by atoms with Gasteiger partial charge in [0.15, 0.2) is 5.82 Å². The molecule has 2 heterocycles. The van der Waals surface area contributed by atoms with Gasteiger partial charge in [-0.25, -0.2) is 0 Å². The standard InChI is InChI=1S/C15H22N2O3/c1-11(2)13(10-19)14-9-15(16-20-14)17-6-3-12(4-7-17)5-8-18/h8-13H,3-7H2,1-2H3. The molecule has 1 aliphatic rings. The van der Waals surface area contributed by atoms with Gasteiger partial charge in [0.25, 0.3) is 0 Å². The number of nitrogens with zero attached hydrogens (tertiary/aromatic N) is 2. The topological polar surface area (TPSA) is 63.4 Å². The van der Waals surface area contributed by atoms with Crippen LogP contribution in [0.1, 0.15) is 44.8 Å². The summed E-state index contributed by atoms with van der Waals surface area (Å²) in [5, 5.41) is 4.08. The third kappa shape index (κ3) is 3.26. The lowest BCUT2D eigenvalue weighted by Gasteiger charge is -2.30. The molecule has 20 heavy (non-hydrogen) atoms. The molecule has 1 aromatic heterocycles. The highest BCUT2D eigenvalue weighted by Crippen LogP contribution is 2.28. The van der Waals surface area contributed by atoms with Crippen LogP contribution in [0.2, 0.25) is 0 Å². The van der Waals surface area contributed by atoms with E-state index < -0.39 is 0 Å². The van der Waals surface area contributed by atoms with Crippen LogP contribution in [0, 0.1) is 11.8 Å². The molecule has 0 N–H and O–H groups in total. The molecule has 1 fully saturated rings. The summed E-state index contributed by atoms with van der Waals surface area (Å²) in [5.74, 6) is 1.90. The zero-order valence-electron chi connectivity index (χ0n) is 12.1. The lowest BCUT2D eigenvalue weighted by atomic mass is 9.93. The zero-order valence-corrected chi connectivity index (χ0v) is 12.1. The third-order valence-electron chi connectivity index (χ3n) is 4.08. The van der Waals surface area contributed by atoms with Crippen molar-refractivity contribution >= 4 is 18.4 Å². The number of hydrogen-bond donors (Lipinski definition) is 0. The first kappa shape index (κ1) is 14.8. The van der Waals surface area contributed by atoms with Crippen LogP contribution in [-0.4, -0.2) is 30.8 Å². The van der Waals surface area contributed by atoms with Gasteiger partial charge in [-0.1, -0.05) is 19.0 Å². The van der Waals surface area contributed by atoms with E-state index in [1.165, 1.54) is 0 Å². The van der Waals surface area contributed by atoms with Crippen LogP contribution < -0.4 is 4.90 Å². The second-order valence-corrected chi connectivity index (χ2v) is 5.83. The maximum absolute atomic E-state index is 11.1. The second kappa shape index (κ2) is 6.68. The molecule has 1 saturated heterocycles. The summed E-state index contributed by atoms with van der Waals surface area (Å²) in [6.07, 6.45) is 4.58. The Morgan fingerprint density at radius 3 is 2.65 bits per heavy atom. The number of piperidine rings is 1. The number of anilines is 1. The van der Waals surface area contributed by atoms with Crippen molar-refractivity contribution in [1.82, 2.24) is 5.16 Å². The first-order valence-electron chi connectivity index (χ1n) is 7.26. The predicted octanol–water partition coefficient (Wildman–Crippen LogP) is 2.42. The lowest BCUT2D eigenvalue weighted by Crippen LogP contribution is -2.33. The molecule has 0 saturated carbocycles. The van der Waals surface area contributed by atoms with Gasteiger partial charge in [-0.3, -0.25) is 0 Å². The Kier molecular flexibility index (Phi) is 4.93. The molecule has 0 spiro atoms. The summed E-state index contributed by atoms with van der Waals surface area (Å²) in [4.78, 5) is 23.8. The highest BCUT2D eigenvalue weighted by molar-refractivity contribution is 5.62. The maximum atomic E-state index is 11.1. The van der Waals surface area contributed by atoms with Gasteiger partial charge in [-0.2, -0.15) is 0 Å². The van der Waals surface area contributed by atoms with Gasteiger partial charge < -0.3 is 19.0 Å². The van der Waals surface area contributed by atoms with Crippen molar-refractivity contribution in [1.29, 1.82) is 0 Å². The Morgan fingerprint density at radius 1 is 1.40 bits per heavy atom. The van der Waals surface area contributed by atoms with Crippen LogP contribution in [-0.2, 0) is 9.59 Å². The SMILES string of the molecule is CC(C)C(C=O)c1cc(N2CCC(CC=O)CC2)no1. The fourth-order valence-electron chi connectivity index (χ4n) is 2.67. The summed E-state index contributed by atoms with van der Waals surface area (Å²) >= 11 is 0. The van der Waals surface area contributed by atoms with Crippen LogP contribution in [0.4, 0.5) is 5.82 Å². The number of hydrogen-bond acceptors (Lipinski definition) is 5. The van der Waals surface area contributed by atoms with Gasteiger partial charge in [0.2, 0.25) is 0 Å². The molecule has 0 amide bonds. The van der Waals surface area contributed by atoms with Crippen molar-refractivity contribution in [3.63, 3.8) is 0 Å². The van der Waals surface area contributed by atoms with Crippen molar-refractivity contribution < 1.29 is 14.1 Å². The van der Waals surface area contributed by atoms with E-state index in [-0.39, 0.29) is 11.8 Å². The number of rotatable bonds is 6. The van der Waals surface area contributed by atoms with Gasteiger partial charge in [0.05, 0.1) is 5.92 Å². The zero-order chi connectivity index (χ0) is 14.5. The third-order valence-corrected chi connectivity index (χ3v) is 4.08. The Morgan fingerprint density at radius 2 is 2.10 bits per heavy atom. The van der Waals surface area contributed by atoms with Crippen molar-refractivity contribution in [2.75, 3.05) is 18.0 Å². The molecule has 0 bridgehead atoms. The normalized spacial score (nSPS) is 18.2. The predicted molar refractivity (Wildman–Crippen MR) is 75.8 cm³/mol. The summed E-state index contributed by atoms with van der Waals surface area (Å²) in [5.41, 5.74) is 0. The number of carbonyl (C=O) groups is 2.